The summed E-state index contributed by atoms with van der Waals surface area (Å²) in [7, 11) is 0. The van der Waals surface area contributed by atoms with Crippen molar-refractivity contribution < 1.29 is 4.79 Å². The Morgan fingerprint density at radius 1 is 1.50 bits per heavy atom. The zero-order chi connectivity index (χ0) is 10.6. The third kappa shape index (κ3) is 2.70. The van der Waals surface area contributed by atoms with Gasteiger partial charge in [-0.3, -0.25) is 4.79 Å². The topological polar surface area (TPSA) is 46.3 Å². The third-order valence-corrected chi connectivity index (χ3v) is 2.62. The summed E-state index contributed by atoms with van der Waals surface area (Å²) in [5.74, 6) is 0.0716. The van der Waals surface area contributed by atoms with E-state index in [0.717, 1.165) is 19.5 Å². The minimum Gasteiger partial charge on any atom is -0.335 e. The summed E-state index contributed by atoms with van der Waals surface area (Å²) in [5, 5.41) is 0. The Morgan fingerprint density at radius 2 is 2.21 bits per heavy atom. The fourth-order valence-corrected chi connectivity index (χ4v) is 1.48. The molecule has 0 bridgehead atoms. The van der Waals surface area contributed by atoms with Crippen LogP contribution in [0.1, 0.15) is 20.3 Å². The number of hydrogen-bond donors (Lipinski definition) is 1. The lowest BCUT2D eigenvalue weighted by Crippen LogP contribution is -2.35. The molecule has 0 fully saturated rings. The van der Waals surface area contributed by atoms with Crippen LogP contribution in [0.25, 0.3) is 0 Å². The monoisotopic (exact) mass is 194 g/mol. The van der Waals surface area contributed by atoms with Crippen LogP contribution < -0.4 is 5.73 Å². The van der Waals surface area contributed by atoms with Crippen molar-refractivity contribution in [3.8, 4) is 0 Å². The maximum Gasteiger partial charge on any atom is 0.246 e. The molecule has 0 aromatic carbocycles. The predicted molar refractivity (Wildman–Crippen MR) is 57.8 cm³/mol. The number of carbonyl (C=O) groups is 1. The number of hydrogen-bond acceptors (Lipinski definition) is 2. The van der Waals surface area contributed by atoms with Crippen LogP contribution in [0, 0.1) is 0 Å². The van der Waals surface area contributed by atoms with Gasteiger partial charge in [0.05, 0.1) is 0 Å². The molecule has 0 unspecified atom stereocenters. The molecule has 0 spiro atoms. The Kier molecular flexibility index (Phi) is 3.89. The van der Waals surface area contributed by atoms with E-state index in [0.29, 0.717) is 6.54 Å². The Labute approximate surface area is 85.3 Å². The SMILES string of the molecule is CC1=C(C)CN(C(=O)/C=C/CN)CC1. The summed E-state index contributed by atoms with van der Waals surface area (Å²) < 4.78 is 0. The zero-order valence-electron chi connectivity index (χ0n) is 8.92. The Morgan fingerprint density at radius 3 is 2.79 bits per heavy atom. The van der Waals surface area contributed by atoms with E-state index in [1.54, 1.807) is 12.2 Å². The summed E-state index contributed by atoms with van der Waals surface area (Å²) in [4.78, 5) is 13.4. The van der Waals surface area contributed by atoms with Crippen molar-refractivity contribution in [1.29, 1.82) is 0 Å². The van der Waals surface area contributed by atoms with Gasteiger partial charge in [0, 0.05) is 25.7 Å². The molecule has 0 saturated carbocycles. The van der Waals surface area contributed by atoms with Gasteiger partial charge in [0.25, 0.3) is 0 Å². The van der Waals surface area contributed by atoms with Crippen LogP contribution in [0.4, 0.5) is 0 Å². The summed E-state index contributed by atoms with van der Waals surface area (Å²) in [5.41, 5.74) is 8.01. The standard InChI is InChI=1S/C11H18N2O/c1-9-5-7-13(8-10(9)2)11(14)4-3-6-12/h3-4H,5-8,12H2,1-2H3/b4-3+. The molecular weight excluding hydrogens is 176 g/mol. The first-order chi connectivity index (χ1) is 6.65. The first-order valence-electron chi connectivity index (χ1n) is 4.96. The molecule has 0 aliphatic carbocycles. The maximum atomic E-state index is 11.6. The second kappa shape index (κ2) is 4.96. The van der Waals surface area contributed by atoms with Gasteiger partial charge in [-0.2, -0.15) is 0 Å². The minimum absolute atomic E-state index is 0.0716. The van der Waals surface area contributed by atoms with Gasteiger partial charge in [0.1, 0.15) is 0 Å². The van der Waals surface area contributed by atoms with E-state index < -0.39 is 0 Å². The molecule has 1 aliphatic heterocycles. The number of carbonyl (C=O) groups excluding carboxylic acids is 1. The lowest BCUT2D eigenvalue weighted by Gasteiger charge is -2.27. The maximum absolute atomic E-state index is 11.6. The molecule has 1 aliphatic rings. The quantitative estimate of drug-likeness (QED) is 0.528. The molecule has 78 valence electrons. The first kappa shape index (κ1) is 11.0. The van der Waals surface area contributed by atoms with Crippen LogP contribution in [0.5, 0.6) is 0 Å². The molecule has 1 amide bonds. The summed E-state index contributed by atoms with van der Waals surface area (Å²) in [6, 6.07) is 0. The van der Waals surface area contributed by atoms with Crippen molar-refractivity contribution in [2.24, 2.45) is 5.73 Å². The molecule has 14 heavy (non-hydrogen) atoms. The van der Waals surface area contributed by atoms with Gasteiger partial charge in [-0.25, -0.2) is 0 Å². The molecule has 0 radical (unpaired) electrons. The Hall–Kier alpha value is -1.09. The fourth-order valence-electron chi connectivity index (χ4n) is 1.48. The van der Waals surface area contributed by atoms with E-state index >= 15 is 0 Å². The van der Waals surface area contributed by atoms with Gasteiger partial charge < -0.3 is 10.6 Å². The molecule has 2 N–H and O–H groups in total. The van der Waals surface area contributed by atoms with E-state index in [1.165, 1.54) is 11.1 Å². The van der Waals surface area contributed by atoms with Crippen molar-refractivity contribution in [3.05, 3.63) is 23.3 Å². The summed E-state index contributed by atoms with van der Waals surface area (Å²) in [6.45, 7) is 6.23. The fraction of sp³-hybridized carbons (Fsp3) is 0.545. The van der Waals surface area contributed by atoms with Crippen LogP contribution in [0.2, 0.25) is 0 Å². The highest BCUT2D eigenvalue weighted by atomic mass is 16.2. The van der Waals surface area contributed by atoms with Crippen molar-refractivity contribution in [3.63, 3.8) is 0 Å². The van der Waals surface area contributed by atoms with E-state index in [-0.39, 0.29) is 5.91 Å². The average Bonchev–Trinajstić information content (AvgIpc) is 2.18. The van der Waals surface area contributed by atoms with E-state index in [2.05, 4.69) is 13.8 Å². The van der Waals surface area contributed by atoms with Crippen molar-refractivity contribution in [2.45, 2.75) is 20.3 Å². The molecule has 1 rings (SSSR count). The van der Waals surface area contributed by atoms with E-state index in [4.69, 9.17) is 5.73 Å². The normalized spacial score (nSPS) is 18.1. The molecule has 3 nitrogen and oxygen atoms in total. The number of rotatable bonds is 2. The summed E-state index contributed by atoms with van der Waals surface area (Å²) in [6.07, 6.45) is 4.25. The van der Waals surface area contributed by atoms with Crippen molar-refractivity contribution in [2.75, 3.05) is 19.6 Å². The lowest BCUT2D eigenvalue weighted by molar-refractivity contribution is -0.125. The van der Waals surface area contributed by atoms with Gasteiger partial charge in [-0.15, -0.1) is 0 Å². The van der Waals surface area contributed by atoms with Gasteiger partial charge >= 0.3 is 0 Å². The van der Waals surface area contributed by atoms with E-state index in [1.807, 2.05) is 4.90 Å². The molecule has 3 heteroatoms. The van der Waals surface area contributed by atoms with Gasteiger partial charge in [-0.05, 0) is 20.3 Å². The first-order valence-corrected chi connectivity index (χ1v) is 4.96. The zero-order valence-corrected chi connectivity index (χ0v) is 8.92. The Balaban J connectivity index is 2.57. The highest BCUT2D eigenvalue weighted by Gasteiger charge is 2.16. The van der Waals surface area contributed by atoms with Crippen molar-refractivity contribution >= 4 is 5.91 Å². The number of amides is 1. The second-order valence-electron chi connectivity index (χ2n) is 3.71. The highest BCUT2D eigenvalue weighted by Crippen LogP contribution is 2.16. The summed E-state index contributed by atoms with van der Waals surface area (Å²) >= 11 is 0. The van der Waals surface area contributed by atoms with Crippen molar-refractivity contribution in [1.82, 2.24) is 4.90 Å². The molecule has 0 aromatic rings. The molecule has 1 heterocycles. The molecule has 0 saturated heterocycles. The molecular formula is C11H18N2O. The lowest BCUT2D eigenvalue weighted by atomic mass is 10.0. The van der Waals surface area contributed by atoms with Crippen LogP contribution in [0.15, 0.2) is 23.3 Å². The smallest absolute Gasteiger partial charge is 0.246 e. The van der Waals surface area contributed by atoms with Crippen LogP contribution in [-0.4, -0.2) is 30.4 Å². The van der Waals surface area contributed by atoms with Crippen LogP contribution in [-0.2, 0) is 4.79 Å². The number of nitrogens with zero attached hydrogens (tertiary/aromatic N) is 1. The van der Waals surface area contributed by atoms with E-state index in [9.17, 15) is 4.79 Å². The van der Waals surface area contributed by atoms with Gasteiger partial charge in [0.15, 0.2) is 0 Å². The predicted octanol–water partition coefficient (Wildman–Crippen LogP) is 1.07. The van der Waals surface area contributed by atoms with Gasteiger partial charge in [-0.1, -0.05) is 17.2 Å². The minimum atomic E-state index is 0.0716. The highest BCUT2D eigenvalue weighted by molar-refractivity contribution is 5.87. The molecule has 0 aromatic heterocycles. The average molecular weight is 194 g/mol. The largest absolute Gasteiger partial charge is 0.335 e. The second-order valence-corrected chi connectivity index (χ2v) is 3.71. The molecule has 0 atom stereocenters. The van der Waals surface area contributed by atoms with Crippen LogP contribution >= 0.6 is 0 Å². The Bertz CT molecular complexity index is 279. The third-order valence-electron chi connectivity index (χ3n) is 2.62. The van der Waals surface area contributed by atoms with Crippen LogP contribution in [0.3, 0.4) is 0 Å². The van der Waals surface area contributed by atoms with Gasteiger partial charge in [0.2, 0.25) is 5.91 Å². The number of nitrogens with two attached hydrogens (primary N) is 1.